The van der Waals surface area contributed by atoms with E-state index < -0.39 is 11.6 Å². The van der Waals surface area contributed by atoms with Gasteiger partial charge in [-0.1, -0.05) is 13.0 Å². The van der Waals surface area contributed by atoms with Gasteiger partial charge in [0, 0.05) is 62.6 Å². The van der Waals surface area contributed by atoms with Crippen LogP contribution in [0.1, 0.15) is 31.0 Å². The van der Waals surface area contributed by atoms with E-state index in [2.05, 4.69) is 42.1 Å². The van der Waals surface area contributed by atoms with Crippen molar-refractivity contribution in [1.82, 2.24) is 34.5 Å². The molecule has 2 fully saturated rings. The van der Waals surface area contributed by atoms with Gasteiger partial charge in [-0.3, -0.25) is 9.58 Å². The average molecular weight is 519 g/mol. The second kappa shape index (κ2) is 10.3. The highest BCUT2D eigenvalue weighted by molar-refractivity contribution is 5.87. The van der Waals surface area contributed by atoms with Crippen LogP contribution in [0.25, 0.3) is 22.2 Å². The summed E-state index contributed by atoms with van der Waals surface area (Å²) in [5, 5.41) is 8.13. The smallest absolute Gasteiger partial charge is 0.229 e. The van der Waals surface area contributed by atoms with Crippen molar-refractivity contribution in [3.8, 4) is 11.3 Å². The van der Waals surface area contributed by atoms with Gasteiger partial charge in [0.15, 0.2) is 11.6 Å². The Morgan fingerprint density at radius 2 is 1.76 bits per heavy atom. The first-order valence-electron chi connectivity index (χ1n) is 13.3. The van der Waals surface area contributed by atoms with Gasteiger partial charge in [0.25, 0.3) is 0 Å². The molecular formula is C28H32F2N8. The van der Waals surface area contributed by atoms with Crippen molar-refractivity contribution in [1.29, 1.82) is 0 Å². The number of piperazine rings is 1. The lowest BCUT2D eigenvalue weighted by Crippen LogP contribution is -2.45. The van der Waals surface area contributed by atoms with E-state index in [1.165, 1.54) is 18.9 Å². The lowest BCUT2D eigenvalue weighted by Gasteiger charge is -2.33. The van der Waals surface area contributed by atoms with E-state index in [1.807, 2.05) is 25.4 Å². The number of likely N-dealkylation sites (N-methyl/N-ethyl adjacent to an activating group) is 1. The third kappa shape index (κ3) is 5.23. The van der Waals surface area contributed by atoms with Gasteiger partial charge >= 0.3 is 0 Å². The van der Waals surface area contributed by atoms with Gasteiger partial charge in [0.1, 0.15) is 17.0 Å². The number of pyridine rings is 1. The first-order valence-corrected chi connectivity index (χ1v) is 13.3. The first-order chi connectivity index (χ1) is 18.5. The third-order valence-corrected chi connectivity index (χ3v) is 7.59. The molecule has 6 rings (SSSR count). The van der Waals surface area contributed by atoms with Crippen LogP contribution in [0.2, 0.25) is 0 Å². The molecule has 2 aliphatic rings. The largest absolute Gasteiger partial charge is 0.309 e. The van der Waals surface area contributed by atoms with Crippen LogP contribution in [0.15, 0.2) is 36.7 Å². The fourth-order valence-corrected chi connectivity index (χ4v) is 5.14. The van der Waals surface area contributed by atoms with Gasteiger partial charge in [0.2, 0.25) is 5.95 Å². The van der Waals surface area contributed by atoms with E-state index in [0.717, 1.165) is 63.1 Å². The predicted molar refractivity (Wildman–Crippen MR) is 143 cm³/mol. The van der Waals surface area contributed by atoms with E-state index in [1.54, 1.807) is 10.7 Å². The summed E-state index contributed by atoms with van der Waals surface area (Å²) in [4.78, 5) is 17.9. The number of hydrogen-bond acceptors (Lipinski definition) is 7. The maximum absolute atomic E-state index is 15.0. The number of anilines is 2. The van der Waals surface area contributed by atoms with Crippen LogP contribution in [-0.2, 0) is 20.0 Å². The molecule has 10 heteroatoms. The molecule has 1 saturated carbocycles. The predicted octanol–water partition coefficient (Wildman–Crippen LogP) is 4.54. The minimum Gasteiger partial charge on any atom is -0.309 e. The van der Waals surface area contributed by atoms with Gasteiger partial charge < -0.3 is 10.2 Å². The number of nitrogens with one attached hydrogen (secondary N) is 1. The molecular weight excluding hydrogens is 486 g/mol. The van der Waals surface area contributed by atoms with E-state index in [9.17, 15) is 4.39 Å². The van der Waals surface area contributed by atoms with E-state index >= 15 is 4.39 Å². The van der Waals surface area contributed by atoms with Crippen molar-refractivity contribution < 1.29 is 8.78 Å². The first kappa shape index (κ1) is 24.8. The minimum atomic E-state index is -0.617. The molecule has 0 bridgehead atoms. The summed E-state index contributed by atoms with van der Waals surface area (Å²) in [5.74, 6) is 0.256. The highest BCUT2D eigenvalue weighted by Gasteiger charge is 2.26. The topological polar surface area (TPSA) is 75.0 Å². The number of aryl methyl sites for hydroxylation is 1. The molecule has 1 aliphatic heterocycles. The highest BCUT2D eigenvalue weighted by Crippen LogP contribution is 2.36. The Kier molecular flexibility index (Phi) is 6.75. The lowest BCUT2D eigenvalue weighted by molar-refractivity contribution is 0.132. The Morgan fingerprint density at radius 1 is 0.974 bits per heavy atom. The second-order valence-electron chi connectivity index (χ2n) is 10.3. The van der Waals surface area contributed by atoms with Gasteiger partial charge in [-0.2, -0.15) is 5.10 Å². The molecule has 4 aromatic rings. The maximum atomic E-state index is 15.0. The Bertz CT molecular complexity index is 1440. The standard InChI is InChI=1S/C28H32F2N8/c1-3-37-8-10-38(11-9-37)17-19-6-7-25(31-15-19)33-28-32-16-23(30)26(34-28)20-13-21-24(12-18-4-5-18)36(2)35-27(21)22(29)14-20/h6-7,13-16,18H,3-5,8-12,17H2,1-2H3,(H,31,32,33,34). The molecule has 0 unspecified atom stereocenters. The monoisotopic (exact) mass is 518 g/mol. The summed E-state index contributed by atoms with van der Waals surface area (Å²) in [5.41, 5.74) is 2.79. The molecule has 3 aromatic heterocycles. The van der Waals surface area contributed by atoms with Crippen LogP contribution in [0.4, 0.5) is 20.5 Å². The molecule has 198 valence electrons. The van der Waals surface area contributed by atoms with Crippen molar-refractivity contribution in [2.45, 2.75) is 32.7 Å². The molecule has 0 amide bonds. The quantitative estimate of drug-likeness (QED) is 0.367. The zero-order valence-corrected chi connectivity index (χ0v) is 21.8. The van der Waals surface area contributed by atoms with E-state index in [-0.39, 0.29) is 11.6 Å². The van der Waals surface area contributed by atoms with E-state index in [4.69, 9.17) is 0 Å². The zero-order valence-electron chi connectivity index (χ0n) is 21.8. The van der Waals surface area contributed by atoms with Gasteiger partial charge in [0.05, 0.1) is 6.20 Å². The summed E-state index contributed by atoms with van der Waals surface area (Å²) in [6.07, 6.45) is 6.13. The van der Waals surface area contributed by atoms with Crippen LogP contribution in [0.5, 0.6) is 0 Å². The normalized spacial score (nSPS) is 16.8. The van der Waals surface area contributed by atoms with Crippen LogP contribution >= 0.6 is 0 Å². The summed E-state index contributed by atoms with van der Waals surface area (Å²) in [7, 11) is 1.83. The SMILES string of the molecule is CCN1CCN(Cc2ccc(Nc3ncc(F)c(-c4cc(F)c5nn(C)c(CC6CC6)c5c4)n3)nc2)CC1. The lowest BCUT2D eigenvalue weighted by atomic mass is 10.0. The Morgan fingerprint density at radius 3 is 2.47 bits per heavy atom. The van der Waals surface area contributed by atoms with Crippen molar-refractivity contribution in [3.05, 3.63) is 59.6 Å². The third-order valence-electron chi connectivity index (χ3n) is 7.59. The number of hydrogen-bond donors (Lipinski definition) is 1. The van der Waals surface area contributed by atoms with Gasteiger partial charge in [-0.15, -0.1) is 0 Å². The molecule has 38 heavy (non-hydrogen) atoms. The van der Waals surface area contributed by atoms with Gasteiger partial charge in [-0.25, -0.2) is 23.7 Å². The maximum Gasteiger partial charge on any atom is 0.229 e. The molecule has 4 heterocycles. The molecule has 0 spiro atoms. The van der Waals surface area contributed by atoms with Crippen molar-refractivity contribution in [2.75, 3.05) is 38.0 Å². The minimum absolute atomic E-state index is 0.0346. The Hall–Kier alpha value is -3.50. The van der Waals surface area contributed by atoms with Crippen molar-refractivity contribution >= 4 is 22.7 Å². The fourth-order valence-electron chi connectivity index (χ4n) is 5.14. The molecule has 0 atom stereocenters. The number of nitrogens with zero attached hydrogens (tertiary/aromatic N) is 7. The highest BCUT2D eigenvalue weighted by atomic mass is 19.1. The van der Waals surface area contributed by atoms with Crippen LogP contribution in [0, 0.1) is 17.6 Å². The number of aromatic nitrogens is 5. The number of halogens is 2. The average Bonchev–Trinajstić information content (AvgIpc) is 3.69. The van der Waals surface area contributed by atoms with Crippen LogP contribution in [-0.4, -0.2) is 67.3 Å². The molecule has 1 aliphatic carbocycles. The fraction of sp³-hybridized carbons (Fsp3) is 0.429. The number of benzene rings is 1. The van der Waals surface area contributed by atoms with Crippen LogP contribution < -0.4 is 5.32 Å². The summed E-state index contributed by atoms with van der Waals surface area (Å²) >= 11 is 0. The molecule has 8 nitrogen and oxygen atoms in total. The van der Waals surface area contributed by atoms with Crippen molar-refractivity contribution in [3.63, 3.8) is 0 Å². The van der Waals surface area contributed by atoms with Gasteiger partial charge in [-0.05, 0) is 55.5 Å². The molecule has 0 radical (unpaired) electrons. The summed E-state index contributed by atoms with van der Waals surface area (Å²) < 4.78 is 31.6. The number of fused-ring (bicyclic) bond motifs is 1. The Labute approximate surface area is 220 Å². The van der Waals surface area contributed by atoms with E-state index in [0.29, 0.717) is 28.2 Å². The molecule has 1 N–H and O–H groups in total. The zero-order chi connectivity index (χ0) is 26.2. The summed E-state index contributed by atoms with van der Waals surface area (Å²) in [6, 6.07) is 6.97. The van der Waals surface area contributed by atoms with Crippen molar-refractivity contribution in [2.24, 2.45) is 13.0 Å². The molecule has 1 saturated heterocycles. The molecule has 1 aromatic carbocycles. The summed E-state index contributed by atoms with van der Waals surface area (Å²) in [6.45, 7) is 8.43. The Balaban J connectivity index is 1.20. The number of rotatable bonds is 8. The van der Waals surface area contributed by atoms with Crippen LogP contribution in [0.3, 0.4) is 0 Å². The second-order valence-corrected chi connectivity index (χ2v) is 10.3.